The maximum atomic E-state index is 12.6. The largest absolute Gasteiger partial charge is 0.476 e. The van der Waals surface area contributed by atoms with Crippen LogP contribution in [0.4, 0.5) is 4.79 Å². The van der Waals surface area contributed by atoms with Gasteiger partial charge in [-0.3, -0.25) is 4.90 Å². The molecule has 1 N–H and O–H groups in total. The molecule has 2 saturated heterocycles. The van der Waals surface area contributed by atoms with Crippen molar-refractivity contribution in [2.24, 2.45) is 5.41 Å². The van der Waals surface area contributed by atoms with Crippen LogP contribution in [0.5, 0.6) is 0 Å². The number of carboxylic acids is 1. The van der Waals surface area contributed by atoms with E-state index in [-0.39, 0.29) is 17.1 Å². The van der Waals surface area contributed by atoms with Crippen LogP contribution < -0.4 is 0 Å². The molecule has 1 amide bonds. The lowest BCUT2D eigenvalue weighted by Gasteiger charge is -2.39. The highest BCUT2D eigenvalue weighted by Gasteiger charge is 2.41. The van der Waals surface area contributed by atoms with Crippen LogP contribution in [0.15, 0.2) is 30.5 Å². The Balaban J connectivity index is 1.34. The molecule has 9 heteroatoms. The third-order valence-corrected chi connectivity index (χ3v) is 6.38. The van der Waals surface area contributed by atoms with Crippen LogP contribution in [0.2, 0.25) is 10.0 Å². The first kappa shape index (κ1) is 20.2. The Morgan fingerprint density at radius 1 is 1.07 bits per heavy atom. The molecule has 154 valence electrons. The van der Waals surface area contributed by atoms with Gasteiger partial charge in [-0.1, -0.05) is 23.2 Å². The smallest absolute Gasteiger partial charge is 0.356 e. The molecule has 4 rings (SSSR count). The van der Waals surface area contributed by atoms with Crippen molar-refractivity contribution in [1.82, 2.24) is 19.6 Å². The molecule has 0 bridgehead atoms. The van der Waals surface area contributed by atoms with Crippen LogP contribution in [0.3, 0.4) is 0 Å². The Morgan fingerprint density at radius 2 is 1.72 bits per heavy atom. The highest BCUT2D eigenvalue weighted by atomic mass is 35.5. The minimum Gasteiger partial charge on any atom is -0.476 e. The second-order valence-corrected chi connectivity index (χ2v) is 8.83. The number of carboxylic acid groups (broad SMARTS) is 1. The van der Waals surface area contributed by atoms with Crippen LogP contribution in [0.1, 0.15) is 35.3 Å². The van der Waals surface area contributed by atoms with E-state index in [1.807, 2.05) is 12.1 Å². The maximum absolute atomic E-state index is 12.6. The summed E-state index contributed by atoms with van der Waals surface area (Å²) in [6.45, 7) is 4.12. The number of halogens is 2. The molecule has 0 unspecified atom stereocenters. The summed E-state index contributed by atoms with van der Waals surface area (Å²) in [6, 6.07) is 6.72. The number of carbonyl (C=O) groups excluding carboxylic acids is 1. The van der Waals surface area contributed by atoms with Gasteiger partial charge >= 0.3 is 12.0 Å². The van der Waals surface area contributed by atoms with Crippen molar-refractivity contribution >= 4 is 35.2 Å². The number of hydrogen-bond acceptors (Lipinski definition) is 4. The van der Waals surface area contributed by atoms with Gasteiger partial charge in [0.15, 0.2) is 5.69 Å². The molecule has 1 spiro atoms. The van der Waals surface area contributed by atoms with Gasteiger partial charge in [-0.2, -0.15) is 9.78 Å². The van der Waals surface area contributed by atoms with Gasteiger partial charge in [-0.05, 0) is 61.1 Å². The summed E-state index contributed by atoms with van der Waals surface area (Å²) >= 11 is 12.2. The van der Waals surface area contributed by atoms with Crippen LogP contribution in [0, 0.1) is 5.41 Å². The lowest BCUT2D eigenvalue weighted by atomic mass is 9.78. The number of likely N-dealkylation sites (tertiary alicyclic amines) is 2. The van der Waals surface area contributed by atoms with Crippen LogP contribution in [-0.4, -0.2) is 62.9 Å². The topological polar surface area (TPSA) is 78.7 Å². The molecule has 2 aliphatic rings. The molecule has 0 atom stereocenters. The number of carbonyl (C=O) groups is 2. The minimum atomic E-state index is -1.14. The Kier molecular flexibility index (Phi) is 5.55. The maximum Gasteiger partial charge on any atom is 0.356 e. The summed E-state index contributed by atoms with van der Waals surface area (Å²) in [5.74, 6) is -1.14. The molecule has 7 nitrogen and oxygen atoms in total. The number of rotatable bonds is 3. The number of aromatic carboxylic acids is 1. The Bertz CT molecular complexity index is 917. The number of aromatic nitrogens is 2. The van der Waals surface area contributed by atoms with Gasteiger partial charge < -0.3 is 10.0 Å². The second kappa shape index (κ2) is 7.97. The van der Waals surface area contributed by atoms with Crippen LogP contribution in [0.25, 0.3) is 0 Å². The van der Waals surface area contributed by atoms with Gasteiger partial charge in [0.25, 0.3) is 0 Å². The minimum absolute atomic E-state index is 0.126. The summed E-state index contributed by atoms with van der Waals surface area (Å²) in [5, 5.41) is 14.1. The van der Waals surface area contributed by atoms with Gasteiger partial charge in [0.1, 0.15) is 0 Å². The molecule has 0 aliphatic carbocycles. The van der Waals surface area contributed by atoms with Gasteiger partial charge in [0.05, 0.1) is 0 Å². The SMILES string of the molecule is O=C(O)c1ccn(C(=O)N2CCC3(CCN(Cc4cc(Cl)cc(Cl)c4)C3)CC2)n1. The van der Waals surface area contributed by atoms with Crippen molar-refractivity contribution in [3.63, 3.8) is 0 Å². The summed E-state index contributed by atoms with van der Waals surface area (Å²) in [7, 11) is 0. The van der Waals surface area contributed by atoms with Gasteiger partial charge in [0.2, 0.25) is 0 Å². The summed E-state index contributed by atoms with van der Waals surface area (Å²) < 4.78 is 1.12. The van der Waals surface area contributed by atoms with Crippen LogP contribution >= 0.6 is 23.2 Å². The zero-order valence-corrected chi connectivity index (χ0v) is 17.4. The summed E-state index contributed by atoms with van der Waals surface area (Å²) in [6.07, 6.45) is 4.37. The van der Waals surface area contributed by atoms with E-state index in [4.69, 9.17) is 28.3 Å². The molecule has 2 fully saturated rings. The van der Waals surface area contributed by atoms with E-state index in [0.29, 0.717) is 23.1 Å². The second-order valence-electron chi connectivity index (χ2n) is 7.96. The number of hydrogen-bond donors (Lipinski definition) is 1. The lowest BCUT2D eigenvalue weighted by molar-refractivity contribution is 0.0689. The van der Waals surface area contributed by atoms with E-state index in [0.717, 1.165) is 49.1 Å². The van der Waals surface area contributed by atoms with E-state index >= 15 is 0 Å². The van der Waals surface area contributed by atoms with Crippen molar-refractivity contribution in [3.05, 3.63) is 51.8 Å². The van der Waals surface area contributed by atoms with E-state index in [2.05, 4.69) is 10.00 Å². The molecule has 2 aliphatic heterocycles. The summed E-state index contributed by atoms with van der Waals surface area (Å²) in [4.78, 5) is 27.7. The molecular weight excluding hydrogens is 415 g/mol. The number of nitrogens with zero attached hydrogens (tertiary/aromatic N) is 4. The first-order chi connectivity index (χ1) is 13.8. The Labute approximate surface area is 178 Å². The highest BCUT2D eigenvalue weighted by Crippen LogP contribution is 2.41. The van der Waals surface area contributed by atoms with Crippen molar-refractivity contribution in [1.29, 1.82) is 0 Å². The average Bonchev–Trinajstić information content (AvgIpc) is 3.29. The fourth-order valence-corrected chi connectivity index (χ4v) is 4.96. The molecule has 0 radical (unpaired) electrons. The van der Waals surface area contributed by atoms with E-state index in [9.17, 15) is 9.59 Å². The number of piperidine rings is 1. The molecule has 29 heavy (non-hydrogen) atoms. The highest BCUT2D eigenvalue weighted by molar-refractivity contribution is 6.34. The number of amides is 1. The molecule has 0 saturated carbocycles. The van der Waals surface area contributed by atoms with Gasteiger partial charge in [-0.25, -0.2) is 9.59 Å². The molecule has 3 heterocycles. The normalized spacial score (nSPS) is 19.0. The average molecular weight is 437 g/mol. The zero-order chi connectivity index (χ0) is 20.6. The quantitative estimate of drug-likeness (QED) is 0.790. The first-order valence-corrected chi connectivity index (χ1v) is 10.3. The monoisotopic (exact) mass is 436 g/mol. The van der Waals surface area contributed by atoms with Crippen LogP contribution in [-0.2, 0) is 6.54 Å². The molecular formula is C20H22Cl2N4O3. The van der Waals surface area contributed by atoms with E-state index in [1.54, 1.807) is 11.0 Å². The molecule has 1 aromatic heterocycles. The van der Waals surface area contributed by atoms with Crippen molar-refractivity contribution in [3.8, 4) is 0 Å². The molecule has 2 aromatic rings. The number of benzene rings is 1. The predicted molar refractivity (Wildman–Crippen MR) is 110 cm³/mol. The third kappa shape index (κ3) is 4.42. The molecule has 1 aromatic carbocycles. The third-order valence-electron chi connectivity index (χ3n) is 5.94. The lowest BCUT2D eigenvalue weighted by Crippen LogP contribution is -2.45. The fraction of sp³-hybridized carbons (Fsp3) is 0.450. The van der Waals surface area contributed by atoms with Gasteiger partial charge in [0, 0.05) is 42.4 Å². The van der Waals surface area contributed by atoms with Crippen molar-refractivity contribution in [2.75, 3.05) is 26.2 Å². The van der Waals surface area contributed by atoms with E-state index < -0.39 is 5.97 Å². The standard InChI is InChI=1S/C20H22Cl2N4O3/c21-15-9-14(10-16(22)11-15)12-24-6-2-20(13-24)3-7-25(8-4-20)19(29)26-5-1-17(23-26)18(27)28/h1,5,9-11H,2-4,6-8,12-13H2,(H,27,28). The van der Waals surface area contributed by atoms with E-state index in [1.165, 1.54) is 12.3 Å². The van der Waals surface area contributed by atoms with Crippen molar-refractivity contribution < 1.29 is 14.7 Å². The predicted octanol–water partition coefficient (Wildman–Crippen LogP) is 3.84. The Morgan fingerprint density at radius 3 is 2.34 bits per heavy atom. The Hall–Kier alpha value is -2.09. The summed E-state index contributed by atoms with van der Waals surface area (Å²) in [5.41, 5.74) is 1.20. The van der Waals surface area contributed by atoms with Gasteiger partial charge in [-0.15, -0.1) is 0 Å². The van der Waals surface area contributed by atoms with Crippen molar-refractivity contribution in [2.45, 2.75) is 25.8 Å². The zero-order valence-electron chi connectivity index (χ0n) is 15.9. The first-order valence-electron chi connectivity index (χ1n) is 9.59. The fourth-order valence-electron chi connectivity index (χ4n) is 4.39.